The van der Waals surface area contributed by atoms with Crippen LogP contribution < -0.4 is 10.4 Å². The zero-order valence-corrected chi connectivity index (χ0v) is 13.5. The van der Waals surface area contributed by atoms with E-state index in [-0.39, 0.29) is 12.5 Å². The lowest BCUT2D eigenvalue weighted by molar-refractivity contribution is -0.137. The molecular formula is C18H12ClF3O3. The van der Waals surface area contributed by atoms with E-state index in [1.807, 2.05) is 0 Å². The molecule has 0 bridgehead atoms. The predicted octanol–water partition coefficient (Wildman–Crippen LogP) is 5.13. The molecule has 0 unspecified atom stereocenters. The smallest absolute Gasteiger partial charge is 0.416 e. The third-order valence-electron chi connectivity index (χ3n) is 3.61. The highest BCUT2D eigenvalue weighted by atomic mass is 35.5. The molecule has 0 aliphatic rings. The van der Waals surface area contributed by atoms with Crippen molar-refractivity contribution in [3.8, 4) is 5.75 Å². The summed E-state index contributed by atoms with van der Waals surface area (Å²) in [6.45, 7) is -0.0468. The van der Waals surface area contributed by atoms with Gasteiger partial charge in [0.15, 0.2) is 0 Å². The van der Waals surface area contributed by atoms with Crippen LogP contribution >= 0.6 is 11.6 Å². The molecule has 0 saturated heterocycles. The van der Waals surface area contributed by atoms with Gasteiger partial charge in [-0.2, -0.15) is 13.2 Å². The van der Waals surface area contributed by atoms with Crippen molar-refractivity contribution in [2.24, 2.45) is 0 Å². The van der Waals surface area contributed by atoms with Gasteiger partial charge in [-0.25, -0.2) is 4.79 Å². The predicted molar refractivity (Wildman–Crippen MR) is 87.8 cm³/mol. The van der Waals surface area contributed by atoms with Crippen LogP contribution in [0, 0.1) is 0 Å². The van der Waals surface area contributed by atoms with Crippen LogP contribution in [0.2, 0.25) is 0 Å². The maximum atomic E-state index is 12.7. The number of alkyl halides is 4. The maximum Gasteiger partial charge on any atom is 0.416 e. The fraction of sp³-hybridized carbons (Fsp3) is 0.167. The van der Waals surface area contributed by atoms with E-state index in [2.05, 4.69) is 0 Å². The number of hydrogen-bond donors (Lipinski definition) is 0. The molecule has 0 radical (unpaired) electrons. The lowest BCUT2D eigenvalue weighted by atomic mass is 10.1. The van der Waals surface area contributed by atoms with Gasteiger partial charge in [0.25, 0.3) is 0 Å². The standard InChI is InChI=1S/C18H12ClF3O3/c19-9-12-7-17(23)25-16-8-14(4-5-15(12)16)24-10-11-2-1-3-13(6-11)18(20,21)22/h1-8H,9-10H2. The Bertz CT molecular complexity index is 964. The molecule has 25 heavy (non-hydrogen) atoms. The summed E-state index contributed by atoms with van der Waals surface area (Å²) in [7, 11) is 0. The summed E-state index contributed by atoms with van der Waals surface area (Å²) in [5.41, 5.74) is 0.0657. The van der Waals surface area contributed by atoms with E-state index in [0.717, 1.165) is 12.1 Å². The normalized spacial score (nSPS) is 11.7. The van der Waals surface area contributed by atoms with Crippen molar-refractivity contribution < 1.29 is 22.3 Å². The number of hydrogen-bond acceptors (Lipinski definition) is 3. The van der Waals surface area contributed by atoms with Crippen LogP contribution in [0.4, 0.5) is 13.2 Å². The van der Waals surface area contributed by atoms with E-state index in [4.69, 9.17) is 20.8 Å². The van der Waals surface area contributed by atoms with Crippen molar-refractivity contribution in [2.45, 2.75) is 18.7 Å². The zero-order valence-electron chi connectivity index (χ0n) is 12.8. The first kappa shape index (κ1) is 17.4. The summed E-state index contributed by atoms with van der Waals surface area (Å²) >= 11 is 5.81. The molecular weight excluding hydrogens is 357 g/mol. The molecule has 1 aromatic heterocycles. The summed E-state index contributed by atoms with van der Waals surface area (Å²) in [4.78, 5) is 11.5. The van der Waals surface area contributed by atoms with Gasteiger partial charge in [0, 0.05) is 23.4 Å². The highest BCUT2D eigenvalue weighted by Gasteiger charge is 2.30. The van der Waals surface area contributed by atoms with Crippen molar-refractivity contribution >= 4 is 22.6 Å². The SMILES string of the molecule is O=c1cc(CCl)c2ccc(OCc3cccc(C(F)(F)F)c3)cc2o1. The van der Waals surface area contributed by atoms with Gasteiger partial charge in [-0.15, -0.1) is 11.6 Å². The number of ether oxygens (including phenoxy) is 1. The van der Waals surface area contributed by atoms with E-state index in [0.29, 0.717) is 27.8 Å². The molecule has 7 heteroatoms. The van der Waals surface area contributed by atoms with E-state index in [9.17, 15) is 18.0 Å². The zero-order chi connectivity index (χ0) is 18.0. The van der Waals surface area contributed by atoms with Crippen molar-refractivity contribution in [3.05, 3.63) is 75.6 Å². The Hall–Kier alpha value is -2.47. The van der Waals surface area contributed by atoms with Crippen LogP contribution in [0.5, 0.6) is 5.75 Å². The van der Waals surface area contributed by atoms with Crippen LogP contribution in [0.25, 0.3) is 11.0 Å². The minimum absolute atomic E-state index is 0.0468. The second kappa shape index (κ2) is 6.80. The summed E-state index contributed by atoms with van der Waals surface area (Å²) < 4.78 is 48.8. The van der Waals surface area contributed by atoms with Crippen LogP contribution in [0.3, 0.4) is 0 Å². The average molecular weight is 369 g/mol. The molecule has 3 aromatic rings. The Morgan fingerprint density at radius 3 is 2.60 bits per heavy atom. The minimum atomic E-state index is -4.40. The number of fused-ring (bicyclic) bond motifs is 1. The fourth-order valence-electron chi connectivity index (χ4n) is 2.41. The Morgan fingerprint density at radius 1 is 1.08 bits per heavy atom. The molecule has 2 aromatic carbocycles. The quantitative estimate of drug-likeness (QED) is 0.473. The molecule has 0 fully saturated rings. The van der Waals surface area contributed by atoms with E-state index in [1.54, 1.807) is 18.2 Å². The molecule has 0 atom stereocenters. The monoisotopic (exact) mass is 368 g/mol. The van der Waals surface area contributed by atoms with E-state index in [1.165, 1.54) is 18.2 Å². The van der Waals surface area contributed by atoms with Crippen LogP contribution in [-0.4, -0.2) is 0 Å². The lowest BCUT2D eigenvalue weighted by Crippen LogP contribution is -2.06. The third kappa shape index (κ3) is 3.96. The van der Waals surface area contributed by atoms with E-state index >= 15 is 0 Å². The minimum Gasteiger partial charge on any atom is -0.489 e. The van der Waals surface area contributed by atoms with Crippen molar-refractivity contribution in [1.29, 1.82) is 0 Å². The van der Waals surface area contributed by atoms with Crippen LogP contribution in [-0.2, 0) is 18.7 Å². The molecule has 0 spiro atoms. The molecule has 3 rings (SSSR count). The highest BCUT2D eigenvalue weighted by Crippen LogP contribution is 2.30. The van der Waals surface area contributed by atoms with Gasteiger partial charge in [-0.1, -0.05) is 12.1 Å². The molecule has 130 valence electrons. The maximum absolute atomic E-state index is 12.7. The van der Waals surface area contributed by atoms with Crippen LogP contribution in [0.15, 0.2) is 57.7 Å². The topological polar surface area (TPSA) is 39.4 Å². The summed E-state index contributed by atoms with van der Waals surface area (Å²) in [5.74, 6) is 0.534. The molecule has 3 nitrogen and oxygen atoms in total. The summed E-state index contributed by atoms with van der Waals surface area (Å²) in [5, 5.41) is 0.681. The Balaban J connectivity index is 1.83. The highest BCUT2D eigenvalue weighted by molar-refractivity contribution is 6.17. The Labute approximate surface area is 145 Å². The van der Waals surface area contributed by atoms with Gasteiger partial charge in [0.1, 0.15) is 17.9 Å². The first-order valence-corrected chi connectivity index (χ1v) is 7.82. The van der Waals surface area contributed by atoms with Crippen molar-refractivity contribution in [3.63, 3.8) is 0 Å². The molecule has 0 N–H and O–H groups in total. The number of rotatable bonds is 4. The van der Waals surface area contributed by atoms with Gasteiger partial charge >= 0.3 is 11.8 Å². The molecule has 0 aliphatic heterocycles. The van der Waals surface area contributed by atoms with Gasteiger partial charge in [-0.05, 0) is 35.4 Å². The third-order valence-corrected chi connectivity index (χ3v) is 3.89. The summed E-state index contributed by atoms with van der Waals surface area (Å²) in [6.07, 6.45) is -4.40. The van der Waals surface area contributed by atoms with Crippen LogP contribution in [0.1, 0.15) is 16.7 Å². The number of benzene rings is 2. The molecule has 0 aliphatic carbocycles. The van der Waals surface area contributed by atoms with E-state index < -0.39 is 17.4 Å². The average Bonchev–Trinajstić information content (AvgIpc) is 2.58. The number of halogens is 4. The second-order valence-corrected chi connectivity index (χ2v) is 5.64. The fourth-order valence-corrected chi connectivity index (χ4v) is 2.64. The lowest BCUT2D eigenvalue weighted by Gasteiger charge is -2.10. The Kier molecular flexibility index (Phi) is 4.72. The molecule has 0 amide bonds. The molecule has 0 saturated carbocycles. The second-order valence-electron chi connectivity index (χ2n) is 5.37. The Morgan fingerprint density at radius 2 is 1.88 bits per heavy atom. The largest absolute Gasteiger partial charge is 0.489 e. The van der Waals surface area contributed by atoms with Crippen molar-refractivity contribution in [1.82, 2.24) is 0 Å². The first-order chi connectivity index (χ1) is 11.9. The van der Waals surface area contributed by atoms with Crippen molar-refractivity contribution in [2.75, 3.05) is 0 Å². The first-order valence-electron chi connectivity index (χ1n) is 7.28. The summed E-state index contributed by atoms with van der Waals surface area (Å²) in [6, 6.07) is 11.1. The van der Waals surface area contributed by atoms with Gasteiger partial charge < -0.3 is 9.15 Å². The van der Waals surface area contributed by atoms with Gasteiger partial charge in [-0.3, -0.25) is 0 Å². The van der Waals surface area contributed by atoms with Gasteiger partial charge in [0.05, 0.1) is 5.56 Å². The molecule has 1 heterocycles. The van der Waals surface area contributed by atoms with Gasteiger partial charge in [0.2, 0.25) is 0 Å².